The molecule has 0 aromatic carbocycles. The first kappa shape index (κ1) is 17.9. The van der Waals surface area contributed by atoms with Gasteiger partial charge in [-0.3, -0.25) is 4.79 Å². The Kier molecular flexibility index (Phi) is 5.73. The Morgan fingerprint density at radius 3 is 2.56 bits per heavy atom. The van der Waals surface area contributed by atoms with E-state index in [1.807, 2.05) is 0 Å². The number of hydrogen-bond donors (Lipinski definition) is 3. The number of nitrogens with two attached hydrogens (primary N) is 1. The smallest absolute Gasteiger partial charge is 0.254 e. The fourth-order valence-electron chi connectivity index (χ4n) is 3.64. The number of amides is 1. The summed E-state index contributed by atoms with van der Waals surface area (Å²) >= 11 is 0. The summed E-state index contributed by atoms with van der Waals surface area (Å²) in [6, 6.07) is 0.606. The maximum absolute atomic E-state index is 11.7. The van der Waals surface area contributed by atoms with Gasteiger partial charge < -0.3 is 21.1 Å². The van der Waals surface area contributed by atoms with Crippen molar-refractivity contribution in [3.63, 3.8) is 0 Å². The minimum Gasteiger partial charge on any atom is -0.381 e. The van der Waals surface area contributed by atoms with Gasteiger partial charge in [-0.05, 0) is 51.4 Å². The highest BCUT2D eigenvalue weighted by atomic mass is 16.5. The van der Waals surface area contributed by atoms with Crippen molar-refractivity contribution in [3.05, 3.63) is 11.8 Å². The van der Waals surface area contributed by atoms with E-state index in [0.29, 0.717) is 35.4 Å². The third-order valence-corrected chi connectivity index (χ3v) is 5.62. The molecule has 1 aromatic heterocycles. The summed E-state index contributed by atoms with van der Waals surface area (Å²) in [5.74, 6) is 1.22. The standard InChI is InChI=1S/C18H29N5O2/c1-11(12-4-3-5-12)21-17-15(16(19)24)10-20-18(23-17)22-13-6-8-14(25-2)9-7-13/h10-14H,3-9H2,1-2H3,(H2,19,24)(H2,20,21,22,23)/t11-,13?,14?/m1/s1. The number of primary amides is 1. The molecule has 0 unspecified atom stereocenters. The maximum Gasteiger partial charge on any atom is 0.254 e. The molecule has 2 aliphatic carbocycles. The number of methoxy groups -OCH3 is 1. The largest absolute Gasteiger partial charge is 0.381 e. The first-order chi connectivity index (χ1) is 12.1. The van der Waals surface area contributed by atoms with Crippen LogP contribution in [-0.4, -0.2) is 41.2 Å². The molecule has 7 heteroatoms. The molecule has 7 nitrogen and oxygen atoms in total. The van der Waals surface area contributed by atoms with E-state index in [1.165, 1.54) is 25.5 Å². The number of anilines is 2. The average molecular weight is 347 g/mol. The second-order valence-electron chi connectivity index (χ2n) is 7.30. The summed E-state index contributed by atoms with van der Waals surface area (Å²) < 4.78 is 5.41. The van der Waals surface area contributed by atoms with Crippen molar-refractivity contribution in [1.82, 2.24) is 9.97 Å². The normalized spacial score (nSPS) is 25.0. The molecular weight excluding hydrogens is 318 g/mol. The topological polar surface area (TPSA) is 102 Å². The van der Waals surface area contributed by atoms with Crippen molar-refractivity contribution in [2.45, 2.75) is 70.1 Å². The van der Waals surface area contributed by atoms with Gasteiger partial charge in [-0.2, -0.15) is 4.98 Å². The lowest BCUT2D eigenvalue weighted by Crippen LogP contribution is -2.33. The molecule has 0 bridgehead atoms. The summed E-state index contributed by atoms with van der Waals surface area (Å²) in [6.07, 6.45) is 9.74. The van der Waals surface area contributed by atoms with Crippen LogP contribution in [0.4, 0.5) is 11.8 Å². The number of nitrogens with one attached hydrogen (secondary N) is 2. The highest BCUT2D eigenvalue weighted by Crippen LogP contribution is 2.31. The zero-order chi connectivity index (χ0) is 17.8. The maximum atomic E-state index is 11.7. The Labute approximate surface area is 149 Å². The van der Waals surface area contributed by atoms with Crippen molar-refractivity contribution in [3.8, 4) is 0 Å². The first-order valence-electron chi connectivity index (χ1n) is 9.29. The molecule has 3 rings (SSSR count). The average Bonchev–Trinajstić information content (AvgIpc) is 2.54. The predicted octanol–water partition coefficient (Wildman–Crippen LogP) is 2.55. The Balaban J connectivity index is 1.68. The summed E-state index contributed by atoms with van der Waals surface area (Å²) in [5.41, 5.74) is 5.83. The summed E-state index contributed by atoms with van der Waals surface area (Å²) in [5, 5.41) is 6.77. The molecule has 2 fully saturated rings. The van der Waals surface area contributed by atoms with E-state index in [2.05, 4.69) is 27.5 Å². The SMILES string of the molecule is COC1CCC(Nc2ncc(C(N)=O)c(N[C@H](C)C3CCC3)n2)CC1. The lowest BCUT2D eigenvalue weighted by Gasteiger charge is -2.32. The Morgan fingerprint density at radius 1 is 1.28 bits per heavy atom. The molecule has 2 saturated carbocycles. The van der Waals surface area contributed by atoms with E-state index in [4.69, 9.17) is 10.5 Å². The van der Waals surface area contributed by atoms with Gasteiger partial charge in [-0.15, -0.1) is 0 Å². The van der Waals surface area contributed by atoms with E-state index in [-0.39, 0.29) is 6.04 Å². The van der Waals surface area contributed by atoms with Crippen LogP contribution >= 0.6 is 0 Å². The van der Waals surface area contributed by atoms with Crippen LogP contribution in [0.5, 0.6) is 0 Å². The number of rotatable bonds is 7. The molecule has 138 valence electrons. The number of carbonyl (C=O) groups is 1. The number of aromatic nitrogens is 2. The van der Waals surface area contributed by atoms with Gasteiger partial charge in [0.05, 0.1) is 11.7 Å². The highest BCUT2D eigenvalue weighted by molar-refractivity contribution is 5.97. The predicted molar refractivity (Wildman–Crippen MR) is 97.7 cm³/mol. The van der Waals surface area contributed by atoms with Gasteiger partial charge in [0.2, 0.25) is 5.95 Å². The third kappa shape index (κ3) is 4.39. The number of nitrogens with zero attached hydrogens (tertiary/aromatic N) is 2. The van der Waals surface area contributed by atoms with Gasteiger partial charge in [0.1, 0.15) is 5.82 Å². The lowest BCUT2D eigenvalue weighted by atomic mass is 9.80. The summed E-state index contributed by atoms with van der Waals surface area (Å²) in [7, 11) is 1.77. The zero-order valence-electron chi connectivity index (χ0n) is 15.1. The quantitative estimate of drug-likeness (QED) is 0.700. The number of carbonyl (C=O) groups excluding carboxylic acids is 1. The zero-order valence-corrected chi connectivity index (χ0v) is 15.1. The minimum absolute atomic E-state index is 0.270. The van der Waals surface area contributed by atoms with Crippen LogP contribution < -0.4 is 16.4 Å². The van der Waals surface area contributed by atoms with Crippen molar-refractivity contribution in [2.24, 2.45) is 11.7 Å². The van der Waals surface area contributed by atoms with Gasteiger partial charge in [0.15, 0.2) is 0 Å². The number of ether oxygens (including phenoxy) is 1. The molecule has 0 aliphatic heterocycles. The minimum atomic E-state index is -0.504. The van der Waals surface area contributed by atoms with E-state index in [1.54, 1.807) is 7.11 Å². The van der Waals surface area contributed by atoms with Gasteiger partial charge in [0, 0.05) is 25.4 Å². The molecular formula is C18H29N5O2. The lowest BCUT2D eigenvalue weighted by molar-refractivity contribution is 0.0681. The van der Waals surface area contributed by atoms with Gasteiger partial charge in [-0.25, -0.2) is 4.98 Å². The summed E-state index contributed by atoms with van der Waals surface area (Å²) in [4.78, 5) is 20.5. The second kappa shape index (κ2) is 7.99. The number of hydrogen-bond acceptors (Lipinski definition) is 6. The van der Waals surface area contributed by atoms with E-state index < -0.39 is 5.91 Å². The third-order valence-electron chi connectivity index (χ3n) is 5.62. The second-order valence-corrected chi connectivity index (χ2v) is 7.30. The van der Waals surface area contributed by atoms with E-state index in [9.17, 15) is 4.79 Å². The molecule has 1 aromatic rings. The van der Waals surface area contributed by atoms with Crippen LogP contribution in [0.1, 0.15) is 62.2 Å². The monoisotopic (exact) mass is 347 g/mol. The van der Waals surface area contributed by atoms with Crippen LogP contribution in [0, 0.1) is 5.92 Å². The molecule has 1 atom stereocenters. The summed E-state index contributed by atoms with van der Waals surface area (Å²) in [6.45, 7) is 2.13. The van der Waals surface area contributed by atoms with E-state index in [0.717, 1.165) is 25.7 Å². The fourth-order valence-corrected chi connectivity index (χ4v) is 3.64. The van der Waals surface area contributed by atoms with Crippen molar-refractivity contribution >= 4 is 17.7 Å². The van der Waals surface area contributed by atoms with Gasteiger partial charge in [0.25, 0.3) is 5.91 Å². The first-order valence-corrected chi connectivity index (χ1v) is 9.29. The molecule has 0 spiro atoms. The van der Waals surface area contributed by atoms with Gasteiger partial charge >= 0.3 is 0 Å². The highest BCUT2D eigenvalue weighted by Gasteiger charge is 2.26. The van der Waals surface area contributed by atoms with Crippen LogP contribution in [0.3, 0.4) is 0 Å². The Hall–Kier alpha value is -1.89. The molecule has 2 aliphatic rings. The fraction of sp³-hybridized carbons (Fsp3) is 0.722. The molecule has 1 amide bonds. The van der Waals surface area contributed by atoms with Crippen molar-refractivity contribution < 1.29 is 9.53 Å². The van der Waals surface area contributed by atoms with Crippen LogP contribution in [0.25, 0.3) is 0 Å². The van der Waals surface area contributed by atoms with Gasteiger partial charge in [-0.1, -0.05) is 6.42 Å². The molecule has 25 heavy (non-hydrogen) atoms. The molecule has 0 saturated heterocycles. The van der Waals surface area contributed by atoms with E-state index >= 15 is 0 Å². The van der Waals surface area contributed by atoms with Crippen LogP contribution in [-0.2, 0) is 4.74 Å². The van der Waals surface area contributed by atoms with Crippen LogP contribution in [0.15, 0.2) is 6.20 Å². The Bertz CT molecular complexity index is 597. The van der Waals surface area contributed by atoms with Crippen molar-refractivity contribution in [2.75, 3.05) is 17.7 Å². The molecule has 0 radical (unpaired) electrons. The van der Waals surface area contributed by atoms with Crippen LogP contribution in [0.2, 0.25) is 0 Å². The molecule has 1 heterocycles. The van der Waals surface area contributed by atoms with Crippen molar-refractivity contribution in [1.29, 1.82) is 0 Å². The Morgan fingerprint density at radius 2 is 2.00 bits per heavy atom. The molecule has 4 N–H and O–H groups in total.